The Kier molecular flexibility index (Phi) is 3.00. The fourth-order valence-corrected chi connectivity index (χ4v) is 2.57. The number of rotatable bonds is 3. The highest BCUT2D eigenvalue weighted by Gasteiger charge is 2.07. The Labute approximate surface area is 113 Å². The Hall–Kier alpha value is -2.21. The maximum atomic E-state index is 12.0. The van der Waals surface area contributed by atoms with Crippen molar-refractivity contribution >= 4 is 28.1 Å². The predicted octanol–water partition coefficient (Wildman–Crippen LogP) is 2.26. The van der Waals surface area contributed by atoms with E-state index in [-0.39, 0.29) is 5.91 Å². The molecule has 0 fully saturated rings. The van der Waals surface area contributed by atoms with E-state index in [1.54, 1.807) is 35.9 Å². The van der Waals surface area contributed by atoms with E-state index in [4.69, 9.17) is 0 Å². The SMILES string of the molecule is Cc1ncc(CNC(=O)c2ccc3cn[nH]c3c2)s1. The zero-order valence-electron chi connectivity index (χ0n) is 10.3. The lowest BCUT2D eigenvalue weighted by atomic mass is 10.1. The lowest BCUT2D eigenvalue weighted by molar-refractivity contribution is 0.0951. The molecule has 2 N–H and O–H groups in total. The summed E-state index contributed by atoms with van der Waals surface area (Å²) >= 11 is 1.59. The maximum absolute atomic E-state index is 12.0. The van der Waals surface area contributed by atoms with Crippen molar-refractivity contribution in [3.05, 3.63) is 46.0 Å². The summed E-state index contributed by atoms with van der Waals surface area (Å²) in [7, 11) is 0. The van der Waals surface area contributed by atoms with Crippen molar-refractivity contribution in [1.82, 2.24) is 20.5 Å². The number of nitrogens with one attached hydrogen (secondary N) is 2. The van der Waals surface area contributed by atoms with Crippen LogP contribution < -0.4 is 5.32 Å². The van der Waals surface area contributed by atoms with Crippen LogP contribution in [0.5, 0.6) is 0 Å². The summed E-state index contributed by atoms with van der Waals surface area (Å²) in [5, 5.41) is 11.7. The largest absolute Gasteiger partial charge is 0.347 e. The van der Waals surface area contributed by atoms with Crippen molar-refractivity contribution in [1.29, 1.82) is 0 Å². The highest BCUT2D eigenvalue weighted by atomic mass is 32.1. The lowest BCUT2D eigenvalue weighted by Crippen LogP contribution is -2.22. The number of aromatic nitrogens is 3. The molecule has 0 atom stereocenters. The molecular formula is C13H12N4OS. The van der Waals surface area contributed by atoms with Crippen LogP contribution >= 0.6 is 11.3 Å². The highest BCUT2D eigenvalue weighted by Crippen LogP contribution is 2.14. The molecule has 2 heterocycles. The summed E-state index contributed by atoms with van der Waals surface area (Å²) < 4.78 is 0. The smallest absolute Gasteiger partial charge is 0.251 e. The van der Waals surface area contributed by atoms with Gasteiger partial charge < -0.3 is 5.32 Å². The number of fused-ring (bicyclic) bond motifs is 1. The Morgan fingerprint density at radius 3 is 3.11 bits per heavy atom. The Bertz CT molecular complexity index is 731. The monoisotopic (exact) mass is 272 g/mol. The number of nitrogens with zero attached hydrogens (tertiary/aromatic N) is 2. The second-order valence-electron chi connectivity index (χ2n) is 4.20. The third-order valence-corrected chi connectivity index (χ3v) is 3.71. The van der Waals surface area contributed by atoms with Crippen molar-refractivity contribution in [3.63, 3.8) is 0 Å². The van der Waals surface area contributed by atoms with Gasteiger partial charge in [-0.2, -0.15) is 5.10 Å². The average Bonchev–Trinajstić information content (AvgIpc) is 3.03. The predicted molar refractivity (Wildman–Crippen MR) is 74.1 cm³/mol. The minimum absolute atomic E-state index is 0.0949. The molecule has 0 spiro atoms. The van der Waals surface area contributed by atoms with Gasteiger partial charge in [-0.05, 0) is 19.1 Å². The summed E-state index contributed by atoms with van der Waals surface area (Å²) in [4.78, 5) is 17.2. The molecule has 3 rings (SSSR count). The molecule has 5 nitrogen and oxygen atoms in total. The summed E-state index contributed by atoms with van der Waals surface area (Å²) in [6.07, 6.45) is 3.52. The normalized spacial score (nSPS) is 10.8. The van der Waals surface area contributed by atoms with Crippen LogP contribution in [0, 0.1) is 6.92 Å². The van der Waals surface area contributed by atoms with E-state index in [0.29, 0.717) is 12.1 Å². The molecular weight excluding hydrogens is 260 g/mol. The Balaban J connectivity index is 1.72. The van der Waals surface area contributed by atoms with Crippen molar-refractivity contribution < 1.29 is 4.79 Å². The average molecular weight is 272 g/mol. The molecule has 0 aliphatic carbocycles. The minimum Gasteiger partial charge on any atom is -0.347 e. The van der Waals surface area contributed by atoms with Crippen molar-refractivity contribution in [2.45, 2.75) is 13.5 Å². The summed E-state index contributed by atoms with van der Waals surface area (Å²) in [6, 6.07) is 5.48. The van der Waals surface area contributed by atoms with Gasteiger partial charge in [0.2, 0.25) is 0 Å². The first-order chi connectivity index (χ1) is 9.22. The van der Waals surface area contributed by atoms with Gasteiger partial charge in [-0.15, -0.1) is 11.3 Å². The number of H-pyrrole nitrogens is 1. The molecule has 0 saturated carbocycles. The Morgan fingerprint density at radius 2 is 2.32 bits per heavy atom. The van der Waals surface area contributed by atoms with Gasteiger partial charge in [-0.25, -0.2) is 4.98 Å². The third kappa shape index (κ3) is 2.48. The molecule has 0 radical (unpaired) electrons. The van der Waals surface area contributed by atoms with Crippen LogP contribution in [0.2, 0.25) is 0 Å². The van der Waals surface area contributed by atoms with Crippen LogP contribution in [0.1, 0.15) is 20.2 Å². The molecule has 0 unspecified atom stereocenters. The molecule has 3 aromatic rings. The van der Waals surface area contributed by atoms with Crippen molar-refractivity contribution in [2.24, 2.45) is 0 Å². The fourth-order valence-electron chi connectivity index (χ4n) is 1.83. The van der Waals surface area contributed by atoms with Gasteiger partial charge in [-0.1, -0.05) is 6.07 Å². The highest BCUT2D eigenvalue weighted by molar-refractivity contribution is 7.11. The van der Waals surface area contributed by atoms with Crippen molar-refractivity contribution in [2.75, 3.05) is 0 Å². The summed E-state index contributed by atoms with van der Waals surface area (Å²) in [6.45, 7) is 2.45. The van der Waals surface area contributed by atoms with E-state index < -0.39 is 0 Å². The molecule has 1 aromatic carbocycles. The first-order valence-electron chi connectivity index (χ1n) is 5.85. The van der Waals surface area contributed by atoms with Gasteiger partial charge >= 0.3 is 0 Å². The number of thiazole rings is 1. The molecule has 0 aliphatic heterocycles. The van der Waals surface area contributed by atoms with Crippen LogP contribution in [-0.4, -0.2) is 21.1 Å². The number of hydrogen-bond acceptors (Lipinski definition) is 4. The number of carbonyl (C=O) groups excluding carboxylic acids is 1. The molecule has 2 aromatic heterocycles. The second-order valence-corrected chi connectivity index (χ2v) is 5.52. The summed E-state index contributed by atoms with van der Waals surface area (Å²) in [5.41, 5.74) is 1.49. The molecule has 96 valence electrons. The molecule has 0 saturated heterocycles. The van der Waals surface area contributed by atoms with Crippen LogP contribution in [0.15, 0.2) is 30.6 Å². The van der Waals surface area contributed by atoms with Gasteiger partial charge in [0, 0.05) is 22.0 Å². The maximum Gasteiger partial charge on any atom is 0.251 e. The van der Waals surface area contributed by atoms with Gasteiger partial charge in [0.25, 0.3) is 5.91 Å². The fraction of sp³-hybridized carbons (Fsp3) is 0.154. The molecule has 1 amide bonds. The number of aromatic amines is 1. The second kappa shape index (κ2) is 4.81. The third-order valence-electron chi connectivity index (χ3n) is 2.80. The zero-order valence-corrected chi connectivity index (χ0v) is 11.1. The lowest BCUT2D eigenvalue weighted by Gasteiger charge is -2.03. The molecule has 19 heavy (non-hydrogen) atoms. The topological polar surface area (TPSA) is 70.7 Å². The molecule has 0 bridgehead atoms. The standard InChI is InChI=1S/C13H12N4OS/c1-8-14-6-11(19-8)7-15-13(18)9-2-3-10-5-16-17-12(10)4-9/h2-6H,7H2,1H3,(H,15,18)(H,16,17). The van der Waals surface area contributed by atoms with Crippen LogP contribution in [0.3, 0.4) is 0 Å². The number of benzene rings is 1. The number of carbonyl (C=O) groups is 1. The minimum atomic E-state index is -0.0949. The van der Waals surface area contributed by atoms with Crippen molar-refractivity contribution in [3.8, 4) is 0 Å². The van der Waals surface area contributed by atoms with Gasteiger partial charge in [-0.3, -0.25) is 9.89 Å². The summed E-state index contributed by atoms with van der Waals surface area (Å²) in [5.74, 6) is -0.0949. The zero-order chi connectivity index (χ0) is 13.2. The van der Waals surface area contributed by atoms with E-state index in [1.165, 1.54) is 0 Å². The van der Waals surface area contributed by atoms with E-state index in [1.807, 2.05) is 13.0 Å². The van der Waals surface area contributed by atoms with E-state index in [2.05, 4.69) is 20.5 Å². The van der Waals surface area contributed by atoms with Gasteiger partial charge in [0.05, 0.1) is 23.3 Å². The molecule has 6 heteroatoms. The van der Waals surface area contributed by atoms with Gasteiger partial charge in [0.1, 0.15) is 0 Å². The first-order valence-corrected chi connectivity index (χ1v) is 6.66. The Morgan fingerprint density at radius 1 is 1.42 bits per heavy atom. The van der Waals surface area contributed by atoms with Crippen LogP contribution in [-0.2, 0) is 6.54 Å². The van der Waals surface area contributed by atoms with Gasteiger partial charge in [0.15, 0.2) is 0 Å². The quantitative estimate of drug-likeness (QED) is 0.768. The number of aryl methyl sites for hydroxylation is 1. The number of amides is 1. The first kappa shape index (κ1) is 11.9. The van der Waals surface area contributed by atoms with E-state index in [9.17, 15) is 4.79 Å². The van der Waals surface area contributed by atoms with E-state index in [0.717, 1.165) is 20.8 Å². The van der Waals surface area contributed by atoms with Crippen LogP contribution in [0.25, 0.3) is 10.9 Å². The molecule has 0 aliphatic rings. The van der Waals surface area contributed by atoms with E-state index >= 15 is 0 Å². The van der Waals surface area contributed by atoms with Crippen LogP contribution in [0.4, 0.5) is 0 Å². The number of hydrogen-bond donors (Lipinski definition) is 2.